The smallest absolute Gasteiger partial charge is 0.115 e. The summed E-state index contributed by atoms with van der Waals surface area (Å²) in [7, 11) is 0. The van der Waals surface area contributed by atoms with E-state index in [1.165, 1.54) is 32.1 Å². The largest absolute Gasteiger partial charge is 0.245 e. The summed E-state index contributed by atoms with van der Waals surface area (Å²) in [6, 6.07) is 0. The molecule has 0 N–H and O–H groups in total. The molecule has 13 heavy (non-hydrogen) atoms. The Labute approximate surface area is 84.5 Å². The number of rotatable bonds is 6. The molecule has 0 atom stereocenters. The number of allylic oxidation sites excluding steroid dienone is 1. The predicted molar refractivity (Wildman–Crippen MR) is 59.9 cm³/mol. The van der Waals surface area contributed by atoms with Gasteiger partial charge < -0.3 is 0 Å². The molecule has 1 heterocycles. The van der Waals surface area contributed by atoms with Crippen LogP contribution in [0.15, 0.2) is 17.7 Å². The van der Waals surface area contributed by atoms with Gasteiger partial charge in [-0.15, -0.1) is 11.3 Å². The molecule has 0 saturated carbocycles. The molecule has 0 aliphatic rings. The van der Waals surface area contributed by atoms with Crippen molar-refractivity contribution in [2.24, 2.45) is 0 Å². The first-order valence-corrected chi connectivity index (χ1v) is 5.87. The van der Waals surface area contributed by atoms with Gasteiger partial charge in [0, 0.05) is 11.6 Å². The fraction of sp³-hybridized carbons (Fsp3) is 0.545. The molecule has 0 aliphatic heterocycles. The lowest BCUT2D eigenvalue weighted by Crippen LogP contribution is -1.73. The van der Waals surface area contributed by atoms with Crippen LogP contribution in [0.1, 0.15) is 44.0 Å². The van der Waals surface area contributed by atoms with Gasteiger partial charge >= 0.3 is 0 Å². The average molecular weight is 195 g/mol. The third-order valence-electron chi connectivity index (χ3n) is 1.94. The van der Waals surface area contributed by atoms with Gasteiger partial charge in [0.2, 0.25) is 0 Å². The molecule has 0 unspecified atom stereocenters. The molecular formula is C11H17NS. The average Bonchev–Trinajstić information content (AvgIpc) is 2.63. The van der Waals surface area contributed by atoms with Gasteiger partial charge in [-0.3, -0.25) is 0 Å². The summed E-state index contributed by atoms with van der Waals surface area (Å²) in [5, 5.41) is 3.13. The predicted octanol–water partition coefficient (Wildman–Crippen LogP) is 4.13. The molecular weight excluding hydrogens is 178 g/mol. The van der Waals surface area contributed by atoms with E-state index in [1.54, 1.807) is 11.3 Å². The summed E-state index contributed by atoms with van der Waals surface area (Å²) in [6.45, 7) is 2.24. The third kappa shape index (κ3) is 4.83. The van der Waals surface area contributed by atoms with E-state index in [-0.39, 0.29) is 0 Å². The summed E-state index contributed by atoms with van der Waals surface area (Å²) in [6.07, 6.45) is 12.8. The highest BCUT2D eigenvalue weighted by molar-refractivity contribution is 7.10. The first-order valence-electron chi connectivity index (χ1n) is 4.99. The standard InChI is InChI=1S/C11H17NS/c1-2-3-4-5-6-7-8-11-12-9-10-13-11/h7-10H,2-6H2,1H3/b8-7+. The number of aromatic nitrogens is 1. The Kier molecular flexibility index (Phi) is 5.50. The lowest BCUT2D eigenvalue weighted by molar-refractivity contribution is 0.675. The van der Waals surface area contributed by atoms with Gasteiger partial charge in [0.1, 0.15) is 5.01 Å². The molecule has 1 aromatic rings. The van der Waals surface area contributed by atoms with Crippen LogP contribution < -0.4 is 0 Å². The zero-order chi connectivity index (χ0) is 9.36. The third-order valence-corrected chi connectivity index (χ3v) is 2.68. The van der Waals surface area contributed by atoms with Crippen molar-refractivity contribution in [1.29, 1.82) is 0 Å². The molecule has 0 saturated heterocycles. The number of hydrogen-bond acceptors (Lipinski definition) is 2. The van der Waals surface area contributed by atoms with Crippen LogP contribution in [-0.2, 0) is 0 Å². The van der Waals surface area contributed by atoms with Gasteiger partial charge in [-0.05, 0) is 18.9 Å². The quantitative estimate of drug-likeness (QED) is 0.622. The Balaban J connectivity index is 2.05. The highest BCUT2D eigenvalue weighted by atomic mass is 32.1. The first kappa shape index (κ1) is 10.5. The van der Waals surface area contributed by atoms with Crippen LogP contribution in [0.25, 0.3) is 6.08 Å². The van der Waals surface area contributed by atoms with Crippen LogP contribution >= 0.6 is 11.3 Å². The fourth-order valence-corrected chi connectivity index (χ4v) is 1.75. The second kappa shape index (κ2) is 6.84. The monoisotopic (exact) mass is 195 g/mol. The maximum atomic E-state index is 4.18. The molecule has 0 spiro atoms. The zero-order valence-electron chi connectivity index (χ0n) is 8.20. The van der Waals surface area contributed by atoms with Crippen molar-refractivity contribution < 1.29 is 0 Å². The van der Waals surface area contributed by atoms with Gasteiger partial charge in [0.15, 0.2) is 0 Å². The maximum Gasteiger partial charge on any atom is 0.115 e. The van der Waals surface area contributed by atoms with E-state index in [0.29, 0.717) is 0 Å². The molecule has 1 rings (SSSR count). The molecule has 72 valence electrons. The van der Waals surface area contributed by atoms with E-state index >= 15 is 0 Å². The Hall–Kier alpha value is -0.630. The zero-order valence-corrected chi connectivity index (χ0v) is 9.02. The van der Waals surface area contributed by atoms with Crippen molar-refractivity contribution in [2.75, 3.05) is 0 Å². The molecule has 1 aromatic heterocycles. The van der Waals surface area contributed by atoms with Gasteiger partial charge in [-0.25, -0.2) is 4.98 Å². The van der Waals surface area contributed by atoms with Crippen molar-refractivity contribution in [3.8, 4) is 0 Å². The summed E-state index contributed by atoms with van der Waals surface area (Å²) in [4.78, 5) is 4.18. The lowest BCUT2D eigenvalue weighted by Gasteiger charge is -1.93. The summed E-state index contributed by atoms with van der Waals surface area (Å²) >= 11 is 1.69. The molecule has 0 aliphatic carbocycles. The highest BCUT2D eigenvalue weighted by Gasteiger charge is 1.87. The van der Waals surface area contributed by atoms with Crippen LogP contribution in [0.4, 0.5) is 0 Å². The minimum absolute atomic E-state index is 1.12. The van der Waals surface area contributed by atoms with Crippen LogP contribution in [0.2, 0.25) is 0 Å². The van der Waals surface area contributed by atoms with E-state index in [0.717, 1.165) is 5.01 Å². The van der Waals surface area contributed by atoms with Crippen molar-refractivity contribution in [3.63, 3.8) is 0 Å². The summed E-state index contributed by atoms with van der Waals surface area (Å²) < 4.78 is 0. The van der Waals surface area contributed by atoms with E-state index in [2.05, 4.69) is 24.1 Å². The van der Waals surface area contributed by atoms with Gasteiger partial charge in [0.25, 0.3) is 0 Å². The Bertz CT molecular complexity index is 226. The molecule has 2 heteroatoms. The van der Waals surface area contributed by atoms with Crippen molar-refractivity contribution >= 4 is 17.4 Å². The van der Waals surface area contributed by atoms with Crippen LogP contribution in [0.3, 0.4) is 0 Å². The van der Waals surface area contributed by atoms with E-state index in [4.69, 9.17) is 0 Å². The number of hydrogen-bond donors (Lipinski definition) is 0. The molecule has 0 bridgehead atoms. The van der Waals surface area contributed by atoms with E-state index in [9.17, 15) is 0 Å². The van der Waals surface area contributed by atoms with Crippen LogP contribution in [-0.4, -0.2) is 4.98 Å². The SMILES string of the molecule is CCCCCC/C=C/c1nccs1. The fourth-order valence-electron chi connectivity index (χ4n) is 1.19. The second-order valence-electron chi connectivity index (χ2n) is 3.12. The molecule has 0 fully saturated rings. The van der Waals surface area contributed by atoms with Crippen LogP contribution in [0.5, 0.6) is 0 Å². The lowest BCUT2D eigenvalue weighted by atomic mass is 10.1. The minimum Gasteiger partial charge on any atom is -0.245 e. The number of unbranched alkanes of at least 4 members (excludes halogenated alkanes) is 4. The van der Waals surface area contributed by atoms with Crippen LogP contribution in [0, 0.1) is 0 Å². The molecule has 0 radical (unpaired) electrons. The number of nitrogens with zero attached hydrogens (tertiary/aromatic N) is 1. The normalized spacial score (nSPS) is 11.2. The maximum absolute atomic E-state index is 4.18. The first-order chi connectivity index (χ1) is 6.43. The Morgan fingerprint density at radius 3 is 3.00 bits per heavy atom. The molecule has 0 amide bonds. The van der Waals surface area contributed by atoms with Crippen molar-refractivity contribution in [2.45, 2.75) is 39.0 Å². The highest BCUT2D eigenvalue weighted by Crippen LogP contribution is 2.08. The molecule has 1 nitrogen and oxygen atoms in total. The summed E-state index contributed by atoms with van der Waals surface area (Å²) in [5.41, 5.74) is 0. The van der Waals surface area contributed by atoms with E-state index in [1.807, 2.05) is 11.6 Å². The van der Waals surface area contributed by atoms with Gasteiger partial charge in [0.05, 0.1) is 0 Å². The van der Waals surface area contributed by atoms with Crippen molar-refractivity contribution in [1.82, 2.24) is 4.98 Å². The topological polar surface area (TPSA) is 12.9 Å². The van der Waals surface area contributed by atoms with E-state index < -0.39 is 0 Å². The summed E-state index contributed by atoms with van der Waals surface area (Å²) in [5.74, 6) is 0. The Morgan fingerprint density at radius 1 is 1.38 bits per heavy atom. The molecule has 0 aromatic carbocycles. The van der Waals surface area contributed by atoms with Crippen molar-refractivity contribution in [3.05, 3.63) is 22.7 Å². The second-order valence-corrected chi connectivity index (χ2v) is 4.05. The van der Waals surface area contributed by atoms with Gasteiger partial charge in [-0.1, -0.05) is 32.3 Å². The van der Waals surface area contributed by atoms with Gasteiger partial charge in [-0.2, -0.15) is 0 Å². The number of thiazole rings is 1. The Morgan fingerprint density at radius 2 is 2.31 bits per heavy atom. The minimum atomic E-state index is 1.12.